The lowest BCUT2D eigenvalue weighted by molar-refractivity contribution is 1.28. The summed E-state index contributed by atoms with van der Waals surface area (Å²) >= 11 is 0. The molecule has 0 radical (unpaired) electrons. The molecule has 0 unspecified atom stereocenters. The minimum atomic E-state index is 0.396. The standard InChI is InChI=1S/C11H9N5/c12-11-15-8-3-5-14-9(10(8)16-11)7-2-1-4-13-6-7/h1-6H,(H3,12,15,16). The van der Waals surface area contributed by atoms with Crippen LogP contribution in [0.25, 0.3) is 22.3 Å². The molecule has 16 heavy (non-hydrogen) atoms. The molecule has 0 atom stereocenters. The third-order valence-corrected chi connectivity index (χ3v) is 2.35. The van der Waals surface area contributed by atoms with Crippen molar-refractivity contribution in [1.29, 1.82) is 0 Å². The van der Waals surface area contributed by atoms with Crippen molar-refractivity contribution in [2.45, 2.75) is 0 Å². The summed E-state index contributed by atoms with van der Waals surface area (Å²) in [5, 5.41) is 0. The Kier molecular flexibility index (Phi) is 1.83. The minimum absolute atomic E-state index is 0.396. The third-order valence-electron chi connectivity index (χ3n) is 2.35. The zero-order valence-electron chi connectivity index (χ0n) is 8.38. The van der Waals surface area contributed by atoms with Crippen molar-refractivity contribution in [2.75, 3.05) is 5.73 Å². The molecule has 0 aliphatic heterocycles. The molecule has 0 amide bonds. The van der Waals surface area contributed by atoms with Crippen LogP contribution in [-0.2, 0) is 0 Å². The van der Waals surface area contributed by atoms with E-state index in [1.54, 1.807) is 18.6 Å². The highest BCUT2D eigenvalue weighted by Crippen LogP contribution is 2.24. The maximum atomic E-state index is 5.63. The highest BCUT2D eigenvalue weighted by molar-refractivity contribution is 5.90. The SMILES string of the molecule is Nc1nc2c(-c3cccnc3)nccc2[nH]1. The van der Waals surface area contributed by atoms with E-state index in [2.05, 4.69) is 19.9 Å². The van der Waals surface area contributed by atoms with E-state index in [-0.39, 0.29) is 0 Å². The number of nitrogen functional groups attached to an aromatic ring is 1. The number of imidazole rings is 1. The molecule has 5 nitrogen and oxygen atoms in total. The van der Waals surface area contributed by atoms with Crippen LogP contribution < -0.4 is 5.73 Å². The number of hydrogen-bond donors (Lipinski definition) is 2. The minimum Gasteiger partial charge on any atom is -0.369 e. The lowest BCUT2D eigenvalue weighted by Crippen LogP contribution is -1.86. The third kappa shape index (κ3) is 1.30. The molecule has 78 valence electrons. The van der Waals surface area contributed by atoms with Crippen LogP contribution in [-0.4, -0.2) is 19.9 Å². The smallest absolute Gasteiger partial charge is 0.198 e. The molecule has 0 saturated carbocycles. The Balaban J connectivity index is 2.31. The van der Waals surface area contributed by atoms with Crippen LogP contribution in [0.2, 0.25) is 0 Å². The summed E-state index contributed by atoms with van der Waals surface area (Å²) in [5.41, 5.74) is 9.00. The maximum absolute atomic E-state index is 5.63. The fourth-order valence-electron chi connectivity index (χ4n) is 1.67. The molecule has 0 aliphatic carbocycles. The van der Waals surface area contributed by atoms with E-state index < -0.39 is 0 Å². The molecule has 3 N–H and O–H groups in total. The second kappa shape index (κ2) is 3.30. The Morgan fingerprint density at radius 1 is 1.19 bits per heavy atom. The van der Waals surface area contributed by atoms with Crippen LogP contribution in [0.15, 0.2) is 36.8 Å². The van der Waals surface area contributed by atoms with Gasteiger partial charge in [-0.05, 0) is 18.2 Å². The van der Waals surface area contributed by atoms with E-state index in [1.165, 1.54) is 0 Å². The molecule has 0 aliphatic rings. The summed E-state index contributed by atoms with van der Waals surface area (Å²) in [5.74, 6) is 0.396. The number of nitrogens with one attached hydrogen (secondary N) is 1. The highest BCUT2D eigenvalue weighted by atomic mass is 15.0. The average Bonchev–Trinajstić information content (AvgIpc) is 2.70. The molecule has 0 spiro atoms. The van der Waals surface area contributed by atoms with Crippen molar-refractivity contribution in [2.24, 2.45) is 0 Å². The summed E-state index contributed by atoms with van der Waals surface area (Å²) in [6.07, 6.45) is 5.21. The lowest BCUT2D eigenvalue weighted by atomic mass is 10.2. The van der Waals surface area contributed by atoms with Crippen LogP contribution >= 0.6 is 0 Å². The predicted octanol–water partition coefficient (Wildman–Crippen LogP) is 1.60. The van der Waals surface area contributed by atoms with E-state index in [0.29, 0.717) is 5.95 Å². The fourth-order valence-corrected chi connectivity index (χ4v) is 1.67. The topological polar surface area (TPSA) is 80.5 Å². The molecule has 0 fully saturated rings. The summed E-state index contributed by atoms with van der Waals surface area (Å²) < 4.78 is 0. The number of pyridine rings is 2. The van der Waals surface area contributed by atoms with E-state index in [9.17, 15) is 0 Å². The largest absolute Gasteiger partial charge is 0.369 e. The molecule has 5 heteroatoms. The quantitative estimate of drug-likeness (QED) is 0.640. The summed E-state index contributed by atoms with van der Waals surface area (Å²) in [4.78, 5) is 15.6. The first-order valence-electron chi connectivity index (χ1n) is 4.85. The van der Waals surface area contributed by atoms with Crippen molar-refractivity contribution in [3.05, 3.63) is 36.8 Å². The zero-order chi connectivity index (χ0) is 11.0. The van der Waals surface area contributed by atoms with Gasteiger partial charge in [-0.1, -0.05) is 0 Å². The first-order valence-corrected chi connectivity index (χ1v) is 4.85. The number of aromatic amines is 1. The van der Waals surface area contributed by atoms with Gasteiger partial charge in [-0.3, -0.25) is 9.97 Å². The molecule has 3 heterocycles. The van der Waals surface area contributed by atoms with Gasteiger partial charge >= 0.3 is 0 Å². The second-order valence-electron chi connectivity index (χ2n) is 3.42. The van der Waals surface area contributed by atoms with Crippen LogP contribution in [0.5, 0.6) is 0 Å². The number of hydrogen-bond acceptors (Lipinski definition) is 4. The van der Waals surface area contributed by atoms with Gasteiger partial charge < -0.3 is 10.7 Å². The van der Waals surface area contributed by atoms with Crippen molar-refractivity contribution >= 4 is 17.0 Å². The summed E-state index contributed by atoms with van der Waals surface area (Å²) in [6, 6.07) is 5.66. The molecule has 0 bridgehead atoms. The number of nitrogens with two attached hydrogens (primary N) is 1. The van der Waals surface area contributed by atoms with Crippen LogP contribution in [0, 0.1) is 0 Å². The van der Waals surface area contributed by atoms with Gasteiger partial charge in [-0.25, -0.2) is 4.98 Å². The van der Waals surface area contributed by atoms with Gasteiger partial charge in [0.15, 0.2) is 5.95 Å². The normalized spacial score (nSPS) is 10.8. The zero-order valence-corrected chi connectivity index (χ0v) is 8.38. The Labute approximate surface area is 91.4 Å². The Morgan fingerprint density at radius 2 is 2.12 bits per heavy atom. The summed E-state index contributed by atoms with van der Waals surface area (Å²) in [7, 11) is 0. The van der Waals surface area contributed by atoms with Gasteiger partial charge in [0.2, 0.25) is 0 Å². The molecule has 3 aromatic heterocycles. The molecule has 3 rings (SSSR count). The van der Waals surface area contributed by atoms with Gasteiger partial charge in [0.05, 0.1) is 11.2 Å². The van der Waals surface area contributed by atoms with Gasteiger partial charge in [-0.2, -0.15) is 0 Å². The van der Waals surface area contributed by atoms with Crippen molar-refractivity contribution in [3.8, 4) is 11.3 Å². The predicted molar refractivity (Wildman–Crippen MR) is 61.5 cm³/mol. The summed E-state index contributed by atoms with van der Waals surface area (Å²) in [6.45, 7) is 0. The van der Waals surface area contributed by atoms with E-state index in [4.69, 9.17) is 5.73 Å². The number of fused-ring (bicyclic) bond motifs is 1. The monoisotopic (exact) mass is 211 g/mol. The fraction of sp³-hybridized carbons (Fsp3) is 0. The highest BCUT2D eigenvalue weighted by Gasteiger charge is 2.08. The number of aromatic nitrogens is 4. The van der Waals surface area contributed by atoms with E-state index >= 15 is 0 Å². The molecule has 0 aromatic carbocycles. The van der Waals surface area contributed by atoms with Crippen molar-refractivity contribution in [1.82, 2.24) is 19.9 Å². The Hall–Kier alpha value is -2.43. The number of anilines is 1. The molecular weight excluding hydrogens is 202 g/mol. The van der Waals surface area contributed by atoms with Crippen LogP contribution in [0.1, 0.15) is 0 Å². The van der Waals surface area contributed by atoms with Gasteiger partial charge in [0.1, 0.15) is 5.52 Å². The number of H-pyrrole nitrogens is 1. The second-order valence-corrected chi connectivity index (χ2v) is 3.42. The van der Waals surface area contributed by atoms with E-state index in [0.717, 1.165) is 22.3 Å². The molecular formula is C11H9N5. The first kappa shape index (κ1) is 8.84. The van der Waals surface area contributed by atoms with E-state index in [1.807, 2.05) is 18.2 Å². The van der Waals surface area contributed by atoms with Crippen molar-refractivity contribution < 1.29 is 0 Å². The average molecular weight is 211 g/mol. The van der Waals surface area contributed by atoms with Gasteiger partial charge in [-0.15, -0.1) is 0 Å². The lowest BCUT2D eigenvalue weighted by Gasteiger charge is -1.99. The van der Waals surface area contributed by atoms with Gasteiger partial charge in [0, 0.05) is 24.2 Å². The maximum Gasteiger partial charge on any atom is 0.198 e. The van der Waals surface area contributed by atoms with Gasteiger partial charge in [0.25, 0.3) is 0 Å². The molecule has 3 aromatic rings. The first-order chi connectivity index (χ1) is 7.84. The van der Waals surface area contributed by atoms with Crippen LogP contribution in [0.3, 0.4) is 0 Å². The Bertz CT molecular complexity index is 629. The Morgan fingerprint density at radius 3 is 2.94 bits per heavy atom. The number of nitrogens with zero attached hydrogens (tertiary/aromatic N) is 3. The molecule has 0 saturated heterocycles. The van der Waals surface area contributed by atoms with Crippen molar-refractivity contribution in [3.63, 3.8) is 0 Å². The number of rotatable bonds is 1. The van der Waals surface area contributed by atoms with Crippen LogP contribution in [0.4, 0.5) is 5.95 Å².